The molecule has 0 aliphatic heterocycles. The van der Waals surface area contributed by atoms with E-state index in [2.05, 4.69) is 138 Å². The average molecular weight is 638 g/mol. The first-order valence-electron chi connectivity index (χ1n) is 16.9. The largest absolute Gasteiger partial charge is 0.455 e. The molecular formula is C46H27N3O. The number of hydrogen-bond donors (Lipinski definition) is 0. The van der Waals surface area contributed by atoms with Crippen molar-refractivity contribution in [1.29, 1.82) is 0 Å². The topological polar surface area (TPSA) is 43.9 Å². The molecule has 8 aromatic carbocycles. The van der Waals surface area contributed by atoms with Crippen LogP contribution in [0.3, 0.4) is 0 Å². The summed E-state index contributed by atoms with van der Waals surface area (Å²) in [5.41, 5.74) is 9.58. The van der Waals surface area contributed by atoms with Gasteiger partial charge in [-0.15, -0.1) is 0 Å². The van der Waals surface area contributed by atoms with Gasteiger partial charge in [0, 0.05) is 38.2 Å². The third-order valence-electron chi connectivity index (χ3n) is 10.2. The first kappa shape index (κ1) is 27.2. The Balaban J connectivity index is 1.33. The van der Waals surface area contributed by atoms with Gasteiger partial charge in [-0.2, -0.15) is 0 Å². The van der Waals surface area contributed by atoms with Crippen LogP contribution in [0.1, 0.15) is 0 Å². The number of hydrogen-bond acceptors (Lipinski definition) is 3. The Kier molecular flexibility index (Phi) is 5.63. The predicted octanol–water partition coefficient (Wildman–Crippen LogP) is 12.3. The molecule has 0 radical (unpaired) electrons. The molecule has 3 aromatic heterocycles. The van der Waals surface area contributed by atoms with Crippen LogP contribution < -0.4 is 0 Å². The number of furan rings is 1. The fraction of sp³-hybridized carbons (Fsp3) is 0. The van der Waals surface area contributed by atoms with Gasteiger partial charge in [0.15, 0.2) is 5.82 Å². The molecule has 0 N–H and O–H groups in total. The molecule has 232 valence electrons. The highest BCUT2D eigenvalue weighted by Crippen LogP contribution is 2.45. The Hall–Kier alpha value is -6.78. The molecule has 0 amide bonds. The Bertz CT molecular complexity index is 3150. The molecule has 11 aromatic rings. The molecule has 3 heterocycles. The van der Waals surface area contributed by atoms with Gasteiger partial charge in [0.2, 0.25) is 0 Å². The molecule has 0 unspecified atom stereocenters. The van der Waals surface area contributed by atoms with Crippen LogP contribution in [0.2, 0.25) is 0 Å². The number of benzene rings is 8. The predicted molar refractivity (Wildman–Crippen MR) is 207 cm³/mol. The number of aromatic nitrogens is 3. The van der Waals surface area contributed by atoms with E-state index < -0.39 is 0 Å². The summed E-state index contributed by atoms with van der Waals surface area (Å²) in [7, 11) is 0. The molecule has 0 atom stereocenters. The zero-order valence-electron chi connectivity index (χ0n) is 26.8. The van der Waals surface area contributed by atoms with Crippen LogP contribution in [0.15, 0.2) is 168 Å². The molecule has 0 aliphatic rings. The van der Waals surface area contributed by atoms with E-state index >= 15 is 0 Å². The van der Waals surface area contributed by atoms with Gasteiger partial charge in [-0.1, -0.05) is 140 Å². The summed E-state index contributed by atoms with van der Waals surface area (Å²) in [5.74, 6) is 0.792. The van der Waals surface area contributed by atoms with Gasteiger partial charge in [-0.3, -0.25) is 4.57 Å². The molecule has 4 heteroatoms. The minimum atomic E-state index is 0.792. The summed E-state index contributed by atoms with van der Waals surface area (Å²) in [5, 5.41) is 9.39. The monoisotopic (exact) mass is 637 g/mol. The van der Waals surface area contributed by atoms with Crippen molar-refractivity contribution in [2.45, 2.75) is 0 Å². The Morgan fingerprint density at radius 2 is 1.06 bits per heavy atom. The van der Waals surface area contributed by atoms with Crippen LogP contribution in [0.4, 0.5) is 0 Å². The second-order valence-electron chi connectivity index (χ2n) is 12.9. The van der Waals surface area contributed by atoms with Crippen molar-refractivity contribution >= 4 is 76.3 Å². The Labute approximate surface area is 286 Å². The fourth-order valence-corrected chi connectivity index (χ4v) is 7.99. The van der Waals surface area contributed by atoms with Crippen molar-refractivity contribution in [2.24, 2.45) is 0 Å². The lowest BCUT2D eigenvalue weighted by Crippen LogP contribution is -2.04. The van der Waals surface area contributed by atoms with Crippen molar-refractivity contribution in [3.05, 3.63) is 164 Å². The third kappa shape index (κ3) is 3.81. The normalized spacial score (nSPS) is 12.0. The summed E-state index contributed by atoms with van der Waals surface area (Å²) in [6.45, 7) is 0. The van der Waals surface area contributed by atoms with E-state index in [1.165, 1.54) is 26.9 Å². The van der Waals surface area contributed by atoms with Gasteiger partial charge in [0.05, 0.1) is 22.1 Å². The minimum Gasteiger partial charge on any atom is -0.455 e. The van der Waals surface area contributed by atoms with E-state index in [1.807, 2.05) is 30.3 Å². The minimum absolute atomic E-state index is 0.792. The maximum Gasteiger partial charge on any atom is 0.165 e. The lowest BCUT2D eigenvalue weighted by Gasteiger charge is -2.15. The average Bonchev–Trinajstić information content (AvgIpc) is 3.74. The van der Waals surface area contributed by atoms with Gasteiger partial charge in [0.1, 0.15) is 16.9 Å². The van der Waals surface area contributed by atoms with Crippen LogP contribution in [-0.4, -0.2) is 14.5 Å². The standard InChI is InChI=1S/C46H27N3O/c1-2-14-30(15-3-1)43-46(48-38-23-9-8-22-37(38)47-43)49-39-26-24-28-12-4-6-16-31(28)41(39)35-20-10-18-33(44(35)49)34-19-11-21-36-42-32-17-7-5-13-29(32)25-27-40(42)50-45(34)36/h1-27H. The number of para-hydroxylation sites is 4. The SMILES string of the molecule is c1ccc(-c2nc3ccccc3nc2-n2c3ccc4ccccc4c3c3cccc(-c4cccc5c4oc4ccc6ccccc6c45)c32)cc1. The van der Waals surface area contributed by atoms with E-state index in [1.54, 1.807) is 0 Å². The molecule has 0 spiro atoms. The van der Waals surface area contributed by atoms with Crippen molar-refractivity contribution in [2.75, 3.05) is 0 Å². The zero-order chi connectivity index (χ0) is 32.8. The van der Waals surface area contributed by atoms with Crippen molar-refractivity contribution in [1.82, 2.24) is 14.5 Å². The van der Waals surface area contributed by atoms with Gasteiger partial charge in [-0.25, -0.2) is 9.97 Å². The number of nitrogens with zero attached hydrogens (tertiary/aromatic N) is 3. The maximum absolute atomic E-state index is 6.80. The van der Waals surface area contributed by atoms with Gasteiger partial charge in [-0.05, 0) is 45.8 Å². The third-order valence-corrected chi connectivity index (χ3v) is 10.2. The van der Waals surface area contributed by atoms with Crippen molar-refractivity contribution < 1.29 is 4.42 Å². The van der Waals surface area contributed by atoms with Gasteiger partial charge < -0.3 is 4.42 Å². The molecule has 0 saturated carbocycles. The van der Waals surface area contributed by atoms with Crippen LogP contribution in [0.25, 0.3) is 105 Å². The second-order valence-corrected chi connectivity index (χ2v) is 12.9. The summed E-state index contributed by atoms with van der Waals surface area (Å²) >= 11 is 0. The fourth-order valence-electron chi connectivity index (χ4n) is 7.99. The second kappa shape index (κ2) is 10.4. The number of rotatable bonds is 3. The highest BCUT2D eigenvalue weighted by Gasteiger charge is 2.24. The van der Waals surface area contributed by atoms with Gasteiger partial charge in [0.25, 0.3) is 0 Å². The molecule has 0 bridgehead atoms. The summed E-state index contributed by atoms with van der Waals surface area (Å²) in [6.07, 6.45) is 0. The molecule has 0 fully saturated rings. The van der Waals surface area contributed by atoms with Crippen molar-refractivity contribution in [3.8, 4) is 28.2 Å². The first-order valence-corrected chi connectivity index (χ1v) is 16.9. The van der Waals surface area contributed by atoms with Crippen LogP contribution >= 0.6 is 0 Å². The van der Waals surface area contributed by atoms with E-state index in [-0.39, 0.29) is 0 Å². The van der Waals surface area contributed by atoms with Crippen LogP contribution in [0.5, 0.6) is 0 Å². The lowest BCUT2D eigenvalue weighted by molar-refractivity contribution is 0.670. The van der Waals surface area contributed by atoms with Crippen LogP contribution in [-0.2, 0) is 0 Å². The molecule has 4 nitrogen and oxygen atoms in total. The summed E-state index contributed by atoms with van der Waals surface area (Å²) in [6, 6.07) is 57.6. The molecule has 11 rings (SSSR count). The maximum atomic E-state index is 6.80. The van der Waals surface area contributed by atoms with E-state index in [9.17, 15) is 0 Å². The molecule has 50 heavy (non-hydrogen) atoms. The first-order chi connectivity index (χ1) is 24.8. The zero-order valence-corrected chi connectivity index (χ0v) is 26.8. The highest BCUT2D eigenvalue weighted by molar-refractivity contribution is 6.25. The quantitative estimate of drug-likeness (QED) is 0.194. The van der Waals surface area contributed by atoms with E-state index in [4.69, 9.17) is 14.4 Å². The lowest BCUT2D eigenvalue weighted by atomic mass is 9.97. The molecule has 0 aliphatic carbocycles. The smallest absolute Gasteiger partial charge is 0.165 e. The van der Waals surface area contributed by atoms with Crippen molar-refractivity contribution in [3.63, 3.8) is 0 Å². The van der Waals surface area contributed by atoms with Crippen LogP contribution in [0, 0.1) is 0 Å². The Morgan fingerprint density at radius 3 is 1.86 bits per heavy atom. The van der Waals surface area contributed by atoms with E-state index in [0.29, 0.717) is 0 Å². The molecule has 0 saturated heterocycles. The Morgan fingerprint density at radius 1 is 0.440 bits per heavy atom. The summed E-state index contributed by atoms with van der Waals surface area (Å²) in [4.78, 5) is 10.7. The van der Waals surface area contributed by atoms with Gasteiger partial charge >= 0.3 is 0 Å². The summed E-state index contributed by atoms with van der Waals surface area (Å²) < 4.78 is 9.14. The highest BCUT2D eigenvalue weighted by atomic mass is 16.3. The molecular weight excluding hydrogens is 611 g/mol. The van der Waals surface area contributed by atoms with E-state index in [0.717, 1.165) is 77.6 Å². The number of fused-ring (bicyclic) bond motifs is 11.